The van der Waals surface area contributed by atoms with Crippen LogP contribution in [-0.2, 0) is 14.9 Å². The van der Waals surface area contributed by atoms with Crippen LogP contribution in [0.3, 0.4) is 0 Å². The lowest BCUT2D eigenvalue weighted by Gasteiger charge is -2.35. The average Bonchev–Trinajstić information content (AvgIpc) is 2.32. The summed E-state index contributed by atoms with van der Waals surface area (Å²) in [5.41, 5.74) is 0. The molecule has 1 heterocycles. The van der Waals surface area contributed by atoms with Gasteiger partial charge in [-0.15, -0.1) is 0 Å². The summed E-state index contributed by atoms with van der Waals surface area (Å²) in [6, 6.07) is 0.802. The molecule has 0 radical (unpaired) electrons. The molecule has 0 unspecified atom stereocenters. The van der Waals surface area contributed by atoms with Crippen molar-refractivity contribution in [2.24, 2.45) is 0 Å². The van der Waals surface area contributed by atoms with Crippen LogP contribution >= 0.6 is 0 Å². The molecule has 1 N–H and O–H groups in total. The monoisotopic (exact) mass is 321 g/mol. The minimum atomic E-state index is -3.42. The standard InChI is InChI=1S/C14H31N3O3S/c1-11(2)17(12(3)4)8-7-15-21(18,19)16-9-13(5)20-14(6)10-16/h11-15H,7-10H2,1-6H3/t13-,14-/m0/s1. The Balaban J connectivity index is 2.53. The number of rotatable bonds is 7. The number of hydrogen-bond acceptors (Lipinski definition) is 4. The molecule has 0 aliphatic carbocycles. The van der Waals surface area contributed by atoms with Gasteiger partial charge in [0.2, 0.25) is 0 Å². The van der Waals surface area contributed by atoms with Gasteiger partial charge in [-0.25, -0.2) is 4.72 Å². The molecule has 2 atom stereocenters. The zero-order valence-corrected chi connectivity index (χ0v) is 15.0. The van der Waals surface area contributed by atoms with Crippen LogP contribution in [0.5, 0.6) is 0 Å². The summed E-state index contributed by atoms with van der Waals surface area (Å²) in [4.78, 5) is 2.27. The van der Waals surface area contributed by atoms with Crippen molar-refractivity contribution in [3.63, 3.8) is 0 Å². The molecule has 0 aromatic heterocycles. The van der Waals surface area contributed by atoms with Crippen molar-refractivity contribution < 1.29 is 13.2 Å². The lowest BCUT2D eigenvalue weighted by Crippen LogP contribution is -2.53. The minimum Gasteiger partial charge on any atom is -0.373 e. The van der Waals surface area contributed by atoms with Crippen LogP contribution in [0.2, 0.25) is 0 Å². The van der Waals surface area contributed by atoms with Crippen LogP contribution in [0.4, 0.5) is 0 Å². The van der Waals surface area contributed by atoms with Crippen LogP contribution in [-0.4, -0.2) is 68.1 Å². The first kappa shape index (κ1) is 18.8. The fourth-order valence-electron chi connectivity index (χ4n) is 2.83. The molecule has 0 aromatic carbocycles. The lowest BCUT2D eigenvalue weighted by molar-refractivity contribution is -0.0444. The van der Waals surface area contributed by atoms with E-state index in [1.807, 2.05) is 13.8 Å². The van der Waals surface area contributed by atoms with E-state index in [2.05, 4.69) is 37.3 Å². The van der Waals surface area contributed by atoms with Gasteiger partial charge < -0.3 is 4.74 Å². The van der Waals surface area contributed by atoms with E-state index in [9.17, 15) is 8.42 Å². The minimum absolute atomic E-state index is 0.0619. The van der Waals surface area contributed by atoms with Gasteiger partial charge in [0.25, 0.3) is 10.2 Å². The van der Waals surface area contributed by atoms with E-state index in [4.69, 9.17) is 4.74 Å². The summed E-state index contributed by atoms with van der Waals surface area (Å²) in [5, 5.41) is 0. The summed E-state index contributed by atoms with van der Waals surface area (Å²) in [7, 11) is -3.42. The second kappa shape index (κ2) is 7.87. The normalized spacial score (nSPS) is 25.2. The second-order valence-electron chi connectivity index (χ2n) is 6.40. The molecule has 1 aliphatic rings. The van der Waals surface area contributed by atoms with Crippen molar-refractivity contribution in [2.45, 2.75) is 65.8 Å². The maximum absolute atomic E-state index is 12.3. The van der Waals surface area contributed by atoms with E-state index in [1.165, 1.54) is 4.31 Å². The molecule has 0 bridgehead atoms. The highest BCUT2D eigenvalue weighted by atomic mass is 32.2. The Labute approximate surface area is 130 Å². The smallest absolute Gasteiger partial charge is 0.279 e. The van der Waals surface area contributed by atoms with E-state index in [-0.39, 0.29) is 12.2 Å². The van der Waals surface area contributed by atoms with Crippen molar-refractivity contribution in [2.75, 3.05) is 26.2 Å². The third kappa shape index (κ3) is 5.83. The molecular formula is C14H31N3O3S. The molecule has 1 saturated heterocycles. The van der Waals surface area contributed by atoms with Gasteiger partial charge in [0.1, 0.15) is 0 Å². The quantitative estimate of drug-likeness (QED) is 0.761. The van der Waals surface area contributed by atoms with Crippen molar-refractivity contribution in [3.8, 4) is 0 Å². The van der Waals surface area contributed by atoms with Gasteiger partial charge in [-0.3, -0.25) is 4.90 Å². The maximum Gasteiger partial charge on any atom is 0.279 e. The molecule has 0 saturated carbocycles. The number of nitrogens with zero attached hydrogens (tertiary/aromatic N) is 2. The van der Waals surface area contributed by atoms with E-state index in [0.29, 0.717) is 38.3 Å². The molecule has 7 heteroatoms. The Kier molecular flexibility index (Phi) is 7.06. The molecule has 0 amide bonds. The zero-order chi connectivity index (χ0) is 16.2. The van der Waals surface area contributed by atoms with E-state index < -0.39 is 10.2 Å². The summed E-state index contributed by atoms with van der Waals surface area (Å²) in [6.07, 6.45) is -0.124. The Morgan fingerprint density at radius 2 is 1.62 bits per heavy atom. The SMILES string of the molecule is CC(C)N(CCNS(=O)(=O)N1C[C@H](C)O[C@@H](C)C1)C(C)C. The van der Waals surface area contributed by atoms with Crippen molar-refractivity contribution in [3.05, 3.63) is 0 Å². The van der Waals surface area contributed by atoms with Gasteiger partial charge in [-0.1, -0.05) is 0 Å². The van der Waals surface area contributed by atoms with E-state index in [0.717, 1.165) is 0 Å². The van der Waals surface area contributed by atoms with Gasteiger partial charge in [0.15, 0.2) is 0 Å². The molecule has 1 rings (SSSR count). The second-order valence-corrected chi connectivity index (χ2v) is 8.15. The van der Waals surface area contributed by atoms with Crippen molar-refractivity contribution in [1.82, 2.24) is 13.9 Å². The summed E-state index contributed by atoms with van der Waals surface area (Å²) in [6.45, 7) is 14.3. The highest BCUT2D eigenvalue weighted by Gasteiger charge is 2.30. The molecular weight excluding hydrogens is 290 g/mol. The predicted octanol–water partition coefficient (Wildman–Crippen LogP) is 1.05. The Morgan fingerprint density at radius 1 is 1.14 bits per heavy atom. The average molecular weight is 321 g/mol. The first-order chi connectivity index (χ1) is 9.63. The Hall–Kier alpha value is -0.210. The zero-order valence-electron chi connectivity index (χ0n) is 14.2. The van der Waals surface area contributed by atoms with Crippen LogP contribution in [0, 0.1) is 0 Å². The Bertz CT molecular complexity index is 394. The summed E-state index contributed by atoms with van der Waals surface area (Å²) >= 11 is 0. The predicted molar refractivity (Wildman–Crippen MR) is 85.5 cm³/mol. The van der Waals surface area contributed by atoms with Gasteiger partial charge in [0.05, 0.1) is 12.2 Å². The molecule has 1 aliphatic heterocycles. The molecule has 0 aromatic rings. The maximum atomic E-state index is 12.3. The number of morpholine rings is 1. The highest BCUT2D eigenvalue weighted by Crippen LogP contribution is 2.13. The van der Waals surface area contributed by atoms with Gasteiger partial charge in [-0.05, 0) is 41.5 Å². The van der Waals surface area contributed by atoms with Crippen molar-refractivity contribution in [1.29, 1.82) is 0 Å². The topological polar surface area (TPSA) is 61.9 Å². The lowest BCUT2D eigenvalue weighted by atomic mass is 10.2. The van der Waals surface area contributed by atoms with E-state index in [1.54, 1.807) is 0 Å². The fourth-order valence-corrected chi connectivity index (χ4v) is 4.18. The fraction of sp³-hybridized carbons (Fsp3) is 1.00. The van der Waals surface area contributed by atoms with Gasteiger partial charge >= 0.3 is 0 Å². The molecule has 1 fully saturated rings. The number of hydrogen-bond donors (Lipinski definition) is 1. The Morgan fingerprint density at radius 3 is 2.05 bits per heavy atom. The third-order valence-corrected chi connectivity index (χ3v) is 5.25. The highest BCUT2D eigenvalue weighted by molar-refractivity contribution is 7.87. The summed E-state index contributed by atoms with van der Waals surface area (Å²) < 4.78 is 34.5. The van der Waals surface area contributed by atoms with Crippen molar-refractivity contribution >= 4 is 10.2 Å². The van der Waals surface area contributed by atoms with Gasteiger partial charge in [0, 0.05) is 38.3 Å². The molecule has 0 spiro atoms. The van der Waals surface area contributed by atoms with Crippen LogP contribution in [0.15, 0.2) is 0 Å². The first-order valence-electron chi connectivity index (χ1n) is 7.79. The number of ether oxygens (including phenoxy) is 1. The first-order valence-corrected chi connectivity index (χ1v) is 9.23. The van der Waals surface area contributed by atoms with E-state index >= 15 is 0 Å². The van der Waals surface area contributed by atoms with Crippen LogP contribution in [0.25, 0.3) is 0 Å². The van der Waals surface area contributed by atoms with Gasteiger partial charge in [-0.2, -0.15) is 12.7 Å². The molecule has 21 heavy (non-hydrogen) atoms. The molecule has 126 valence electrons. The molecule has 6 nitrogen and oxygen atoms in total. The largest absolute Gasteiger partial charge is 0.373 e. The third-order valence-electron chi connectivity index (χ3n) is 3.71. The summed E-state index contributed by atoms with van der Waals surface area (Å²) in [5.74, 6) is 0. The van der Waals surface area contributed by atoms with Crippen LogP contribution < -0.4 is 4.72 Å². The number of nitrogens with one attached hydrogen (secondary N) is 1. The van der Waals surface area contributed by atoms with Crippen LogP contribution in [0.1, 0.15) is 41.5 Å².